The van der Waals surface area contributed by atoms with Crippen LogP contribution in [0.15, 0.2) is 36.4 Å². The van der Waals surface area contributed by atoms with Gasteiger partial charge in [-0.15, -0.1) is 22.7 Å². The van der Waals surface area contributed by atoms with Gasteiger partial charge in [0, 0.05) is 32.3 Å². The first-order valence-electron chi connectivity index (χ1n) is 16.9. The van der Waals surface area contributed by atoms with Crippen molar-refractivity contribution in [2.45, 2.75) is 142 Å². The fourth-order valence-electron chi connectivity index (χ4n) is 5.99. The molecule has 0 aliphatic carbocycles. The zero-order valence-corrected chi connectivity index (χ0v) is 27.5. The molecular weight excluding hydrogens is 539 g/mol. The lowest BCUT2D eigenvalue weighted by Gasteiger charge is -2.06. The molecular formula is C37H53NOS2. The highest BCUT2D eigenvalue weighted by atomic mass is 32.1. The molecule has 2 aromatic carbocycles. The molecule has 0 bridgehead atoms. The van der Waals surface area contributed by atoms with E-state index < -0.39 is 0 Å². The first-order valence-corrected chi connectivity index (χ1v) is 18.5. The minimum Gasteiger partial charge on any atom is -0.326 e. The third-order valence-corrected chi connectivity index (χ3v) is 11.0. The third kappa shape index (κ3) is 10.1. The number of carbonyl (C=O) groups excluding carboxylic acids is 1. The zero-order chi connectivity index (χ0) is 28.7. The average molecular weight is 592 g/mol. The Morgan fingerprint density at radius 3 is 1.66 bits per heavy atom. The van der Waals surface area contributed by atoms with Crippen LogP contribution in [0.25, 0.3) is 29.6 Å². The van der Waals surface area contributed by atoms with Crippen molar-refractivity contribution in [3.05, 3.63) is 42.0 Å². The second kappa shape index (κ2) is 17.9. The van der Waals surface area contributed by atoms with Crippen LogP contribution < -0.4 is 5.32 Å². The summed E-state index contributed by atoms with van der Waals surface area (Å²) in [7, 11) is 0. The van der Waals surface area contributed by atoms with Gasteiger partial charge in [0.05, 0.1) is 9.40 Å². The van der Waals surface area contributed by atoms with Crippen LogP contribution in [0, 0.1) is 0 Å². The van der Waals surface area contributed by atoms with E-state index in [4.69, 9.17) is 0 Å². The number of aryl methyl sites for hydroxylation is 1. The van der Waals surface area contributed by atoms with Crippen LogP contribution in [0.1, 0.15) is 141 Å². The number of carbonyl (C=O) groups is 1. The van der Waals surface area contributed by atoms with Crippen LogP contribution in [0.5, 0.6) is 0 Å². The second-order valence-corrected chi connectivity index (χ2v) is 14.2. The minimum atomic E-state index is 0.151. The van der Waals surface area contributed by atoms with Gasteiger partial charge >= 0.3 is 0 Å². The van der Waals surface area contributed by atoms with Gasteiger partial charge in [-0.2, -0.15) is 0 Å². The Balaban J connectivity index is 1.19. The smallest absolute Gasteiger partial charge is 0.224 e. The standard InChI is InChI=1S/C37H53NOS2/c1-3-5-7-9-11-12-13-14-15-16-18-20-22-35(39)38-30-24-26-32-34(28-30)41-36-31-25-23-29(27-33(31)40-37(32)36)21-19-17-10-8-6-4-2/h23-28H,3-22H2,1-2H3,(H,38,39). The average Bonchev–Trinajstić information content (AvgIpc) is 3.50. The number of fused-ring (bicyclic) bond motifs is 5. The highest BCUT2D eigenvalue weighted by Crippen LogP contribution is 2.45. The first-order chi connectivity index (χ1) is 20.2. The topological polar surface area (TPSA) is 29.1 Å². The molecule has 2 aromatic heterocycles. The van der Waals surface area contributed by atoms with Gasteiger partial charge in [0.15, 0.2) is 0 Å². The summed E-state index contributed by atoms with van der Waals surface area (Å²) in [5.41, 5.74) is 2.41. The predicted molar refractivity (Wildman–Crippen MR) is 186 cm³/mol. The summed E-state index contributed by atoms with van der Waals surface area (Å²) in [6.45, 7) is 4.56. The monoisotopic (exact) mass is 591 g/mol. The Hall–Kier alpha value is -1.91. The van der Waals surface area contributed by atoms with E-state index in [1.807, 2.05) is 22.7 Å². The van der Waals surface area contributed by atoms with E-state index in [9.17, 15) is 4.79 Å². The molecule has 2 heterocycles. The molecule has 0 radical (unpaired) electrons. The van der Waals surface area contributed by atoms with Crippen molar-refractivity contribution in [3.8, 4) is 0 Å². The van der Waals surface area contributed by atoms with Gasteiger partial charge in [-0.25, -0.2) is 0 Å². The molecule has 4 rings (SSSR count). The van der Waals surface area contributed by atoms with Crippen molar-refractivity contribution in [2.24, 2.45) is 0 Å². The first kappa shape index (κ1) is 32.0. The van der Waals surface area contributed by atoms with Crippen LogP contribution in [0.2, 0.25) is 0 Å². The summed E-state index contributed by atoms with van der Waals surface area (Å²) in [6, 6.07) is 13.6. The molecule has 1 amide bonds. The number of amides is 1. The highest BCUT2D eigenvalue weighted by molar-refractivity contribution is 7.36. The van der Waals surface area contributed by atoms with Crippen molar-refractivity contribution in [1.29, 1.82) is 0 Å². The number of nitrogens with one attached hydrogen (secondary N) is 1. The van der Waals surface area contributed by atoms with E-state index in [0.717, 1.165) is 18.5 Å². The van der Waals surface area contributed by atoms with Gasteiger partial charge < -0.3 is 5.32 Å². The summed E-state index contributed by atoms with van der Waals surface area (Å²) >= 11 is 3.80. The normalized spacial score (nSPS) is 11.8. The van der Waals surface area contributed by atoms with Crippen molar-refractivity contribution < 1.29 is 4.79 Å². The SMILES string of the molecule is CCCCCCCCCCCCCCC(=O)Nc1ccc2c(c1)sc1c3ccc(CCCCCCCC)cc3sc21. The van der Waals surface area contributed by atoms with Crippen LogP contribution in [-0.2, 0) is 11.2 Å². The Bertz CT molecular complexity index is 1330. The lowest BCUT2D eigenvalue weighted by atomic mass is 10.0. The van der Waals surface area contributed by atoms with Gasteiger partial charge in [-0.3, -0.25) is 4.79 Å². The number of unbranched alkanes of at least 4 members (excludes halogenated alkanes) is 16. The summed E-state index contributed by atoms with van der Waals surface area (Å²) < 4.78 is 5.47. The number of hydrogen-bond donors (Lipinski definition) is 1. The number of benzene rings is 2. The van der Waals surface area contributed by atoms with Crippen molar-refractivity contribution in [2.75, 3.05) is 5.32 Å². The third-order valence-electron chi connectivity index (χ3n) is 8.51. The summed E-state index contributed by atoms with van der Waals surface area (Å²) in [4.78, 5) is 12.6. The molecule has 0 saturated carbocycles. The van der Waals surface area contributed by atoms with Crippen LogP contribution in [0.3, 0.4) is 0 Å². The van der Waals surface area contributed by atoms with Gasteiger partial charge in [-0.05, 0) is 43.0 Å². The van der Waals surface area contributed by atoms with Crippen molar-refractivity contribution in [3.63, 3.8) is 0 Å². The molecule has 0 fully saturated rings. The Morgan fingerprint density at radius 2 is 1.07 bits per heavy atom. The molecule has 0 spiro atoms. The highest BCUT2D eigenvalue weighted by Gasteiger charge is 2.13. The lowest BCUT2D eigenvalue weighted by Crippen LogP contribution is -2.10. The maximum atomic E-state index is 12.6. The minimum absolute atomic E-state index is 0.151. The van der Waals surface area contributed by atoms with E-state index in [-0.39, 0.29) is 5.91 Å². The molecule has 0 aliphatic heterocycles. The van der Waals surface area contributed by atoms with E-state index in [2.05, 4.69) is 55.6 Å². The Labute approximate surface area is 257 Å². The number of hydrogen-bond acceptors (Lipinski definition) is 3. The van der Waals surface area contributed by atoms with Gasteiger partial charge in [-0.1, -0.05) is 135 Å². The number of rotatable bonds is 21. The fourth-order valence-corrected chi connectivity index (χ4v) is 8.75. The molecule has 0 unspecified atom stereocenters. The molecule has 41 heavy (non-hydrogen) atoms. The van der Waals surface area contributed by atoms with Crippen molar-refractivity contribution in [1.82, 2.24) is 0 Å². The molecule has 4 heteroatoms. The largest absolute Gasteiger partial charge is 0.326 e. The molecule has 0 atom stereocenters. The molecule has 2 nitrogen and oxygen atoms in total. The van der Waals surface area contributed by atoms with E-state index in [1.165, 1.54) is 144 Å². The van der Waals surface area contributed by atoms with E-state index in [1.54, 1.807) is 0 Å². The quantitative estimate of drug-likeness (QED) is 0.0959. The predicted octanol–water partition coefficient (Wildman–Crippen LogP) is 13.2. The molecule has 0 saturated heterocycles. The van der Waals surface area contributed by atoms with Crippen LogP contribution in [0.4, 0.5) is 5.69 Å². The maximum Gasteiger partial charge on any atom is 0.224 e. The molecule has 1 N–H and O–H groups in total. The second-order valence-electron chi connectivity index (χ2n) is 12.1. The van der Waals surface area contributed by atoms with Gasteiger partial charge in [0.1, 0.15) is 0 Å². The molecule has 0 aliphatic rings. The Kier molecular flexibility index (Phi) is 14.0. The van der Waals surface area contributed by atoms with Gasteiger partial charge in [0.25, 0.3) is 0 Å². The maximum absolute atomic E-state index is 12.6. The summed E-state index contributed by atoms with van der Waals surface area (Å²) in [6.07, 6.45) is 25.7. The van der Waals surface area contributed by atoms with Gasteiger partial charge in [0.2, 0.25) is 5.91 Å². The summed E-state index contributed by atoms with van der Waals surface area (Å²) in [5.74, 6) is 0.151. The molecule has 4 aromatic rings. The lowest BCUT2D eigenvalue weighted by molar-refractivity contribution is -0.116. The number of thiophene rings is 2. The summed E-state index contributed by atoms with van der Waals surface area (Å²) in [5, 5.41) is 5.87. The van der Waals surface area contributed by atoms with Crippen LogP contribution in [-0.4, -0.2) is 5.91 Å². The van der Waals surface area contributed by atoms with Crippen LogP contribution >= 0.6 is 22.7 Å². The number of anilines is 1. The zero-order valence-electron chi connectivity index (χ0n) is 25.8. The van der Waals surface area contributed by atoms with E-state index in [0.29, 0.717) is 6.42 Å². The van der Waals surface area contributed by atoms with Crippen molar-refractivity contribution >= 4 is 63.8 Å². The van der Waals surface area contributed by atoms with E-state index >= 15 is 0 Å². The fraction of sp³-hybridized carbons (Fsp3) is 0.595. The Morgan fingerprint density at radius 1 is 0.585 bits per heavy atom. The molecule has 224 valence electrons.